The van der Waals surface area contributed by atoms with E-state index >= 15 is 0 Å². The lowest BCUT2D eigenvalue weighted by molar-refractivity contribution is -0.120. The van der Waals surface area contributed by atoms with Crippen molar-refractivity contribution in [3.8, 4) is 0 Å². The molecule has 2 unspecified atom stereocenters. The fourth-order valence-electron chi connectivity index (χ4n) is 2.15. The summed E-state index contributed by atoms with van der Waals surface area (Å²) in [6, 6.07) is 0.161. The Morgan fingerprint density at radius 1 is 1.54 bits per heavy atom. The van der Waals surface area contributed by atoms with Crippen LogP contribution in [0.25, 0.3) is 0 Å². The summed E-state index contributed by atoms with van der Waals surface area (Å²) in [4.78, 5) is 11.4. The Hall–Kier alpha value is -0.370. The van der Waals surface area contributed by atoms with Gasteiger partial charge in [0.2, 0.25) is 0 Å². The lowest BCUT2D eigenvalue weighted by Gasteiger charge is -2.11. The minimum absolute atomic E-state index is 0.161. The first-order chi connectivity index (χ1) is 6.13. The summed E-state index contributed by atoms with van der Waals surface area (Å²) in [6.07, 6.45) is 2.98. The van der Waals surface area contributed by atoms with Crippen molar-refractivity contribution in [1.29, 1.82) is 0 Å². The molecule has 0 aliphatic carbocycles. The molecule has 1 N–H and O–H groups in total. The number of nitrogens with one attached hydrogen (secondary N) is 1. The highest BCUT2D eigenvalue weighted by molar-refractivity contribution is 5.83. The van der Waals surface area contributed by atoms with E-state index in [0.29, 0.717) is 12.2 Å². The highest BCUT2D eigenvalue weighted by atomic mass is 16.1. The van der Waals surface area contributed by atoms with Gasteiger partial charge in [0.15, 0.2) is 0 Å². The van der Waals surface area contributed by atoms with Crippen LogP contribution in [0.2, 0.25) is 0 Å². The summed E-state index contributed by atoms with van der Waals surface area (Å²) in [6.45, 7) is 7.47. The summed E-state index contributed by atoms with van der Waals surface area (Å²) in [5, 5.41) is 3.31. The molecule has 2 nitrogen and oxygen atoms in total. The highest BCUT2D eigenvalue weighted by Crippen LogP contribution is 2.22. The molecular weight excluding hydrogens is 162 g/mol. The molecule has 0 saturated carbocycles. The average molecular weight is 183 g/mol. The lowest BCUT2D eigenvalue weighted by atomic mass is 9.93. The third kappa shape index (κ3) is 3.11. The predicted molar refractivity (Wildman–Crippen MR) is 54.7 cm³/mol. The van der Waals surface area contributed by atoms with Crippen molar-refractivity contribution in [2.45, 2.75) is 46.1 Å². The molecule has 2 heteroatoms. The Bertz CT molecular complexity index is 177. The third-order valence-corrected chi connectivity index (χ3v) is 2.76. The molecule has 2 atom stereocenters. The van der Waals surface area contributed by atoms with Gasteiger partial charge in [0.25, 0.3) is 0 Å². The van der Waals surface area contributed by atoms with Crippen molar-refractivity contribution >= 4 is 5.78 Å². The zero-order chi connectivity index (χ0) is 9.84. The molecule has 1 saturated heterocycles. The third-order valence-electron chi connectivity index (χ3n) is 2.76. The number of ketones is 1. The van der Waals surface area contributed by atoms with Crippen molar-refractivity contribution < 1.29 is 4.79 Å². The molecule has 1 heterocycles. The largest absolute Gasteiger partial charge is 0.307 e. The van der Waals surface area contributed by atoms with E-state index in [4.69, 9.17) is 0 Å². The van der Waals surface area contributed by atoms with Crippen LogP contribution in [-0.2, 0) is 4.79 Å². The van der Waals surface area contributed by atoms with Crippen LogP contribution in [0, 0.1) is 11.8 Å². The van der Waals surface area contributed by atoms with E-state index < -0.39 is 0 Å². The van der Waals surface area contributed by atoms with E-state index in [2.05, 4.69) is 19.2 Å². The number of Topliss-reactive ketones (excluding diaryl/α,β-unsaturated/α-hetero) is 1. The zero-order valence-electron chi connectivity index (χ0n) is 8.97. The SMILES string of the molecule is CCC(=O)C1CC(CC(C)C)CN1. The maximum absolute atomic E-state index is 11.4. The maximum Gasteiger partial charge on any atom is 0.149 e. The second kappa shape index (κ2) is 4.75. The van der Waals surface area contributed by atoms with Crippen molar-refractivity contribution in [3.05, 3.63) is 0 Å². The summed E-state index contributed by atoms with van der Waals surface area (Å²) < 4.78 is 0. The number of carbonyl (C=O) groups excluding carboxylic acids is 1. The molecule has 0 radical (unpaired) electrons. The topological polar surface area (TPSA) is 29.1 Å². The van der Waals surface area contributed by atoms with E-state index in [1.54, 1.807) is 0 Å². The number of carbonyl (C=O) groups is 1. The number of hydrogen-bond donors (Lipinski definition) is 1. The molecular formula is C11H21NO. The second-order valence-electron chi connectivity index (χ2n) is 4.51. The normalized spacial score (nSPS) is 28.3. The maximum atomic E-state index is 11.4. The van der Waals surface area contributed by atoms with Crippen LogP contribution in [0.15, 0.2) is 0 Å². The van der Waals surface area contributed by atoms with Gasteiger partial charge in [0, 0.05) is 6.42 Å². The van der Waals surface area contributed by atoms with Gasteiger partial charge in [0.1, 0.15) is 5.78 Å². The molecule has 0 aromatic heterocycles. The van der Waals surface area contributed by atoms with Crippen molar-refractivity contribution in [3.63, 3.8) is 0 Å². The van der Waals surface area contributed by atoms with Gasteiger partial charge >= 0.3 is 0 Å². The van der Waals surface area contributed by atoms with Crippen LogP contribution in [0.5, 0.6) is 0 Å². The van der Waals surface area contributed by atoms with Crippen LogP contribution in [0.3, 0.4) is 0 Å². The smallest absolute Gasteiger partial charge is 0.149 e. The Balaban J connectivity index is 2.32. The van der Waals surface area contributed by atoms with E-state index in [1.165, 1.54) is 6.42 Å². The first-order valence-corrected chi connectivity index (χ1v) is 5.39. The number of hydrogen-bond acceptors (Lipinski definition) is 2. The van der Waals surface area contributed by atoms with Crippen molar-refractivity contribution in [1.82, 2.24) is 5.32 Å². The van der Waals surface area contributed by atoms with Gasteiger partial charge in [-0.15, -0.1) is 0 Å². The second-order valence-corrected chi connectivity index (χ2v) is 4.51. The Morgan fingerprint density at radius 2 is 2.23 bits per heavy atom. The van der Waals surface area contributed by atoms with Gasteiger partial charge in [-0.3, -0.25) is 4.79 Å². The Morgan fingerprint density at radius 3 is 2.77 bits per heavy atom. The predicted octanol–water partition coefficient (Wildman–Crippen LogP) is 1.99. The molecule has 0 bridgehead atoms. The molecule has 13 heavy (non-hydrogen) atoms. The zero-order valence-corrected chi connectivity index (χ0v) is 8.97. The molecule has 0 spiro atoms. The molecule has 76 valence electrons. The van der Waals surface area contributed by atoms with Crippen LogP contribution in [-0.4, -0.2) is 18.4 Å². The van der Waals surface area contributed by atoms with Gasteiger partial charge in [-0.05, 0) is 31.2 Å². The Labute approximate surface area is 81.1 Å². The molecule has 0 aromatic carbocycles. The molecule has 1 aliphatic heterocycles. The van der Waals surface area contributed by atoms with E-state index in [0.717, 1.165) is 24.8 Å². The van der Waals surface area contributed by atoms with Crippen LogP contribution in [0.4, 0.5) is 0 Å². The molecule has 0 aromatic rings. The van der Waals surface area contributed by atoms with E-state index in [1.807, 2.05) is 6.92 Å². The monoisotopic (exact) mass is 183 g/mol. The van der Waals surface area contributed by atoms with E-state index in [-0.39, 0.29) is 6.04 Å². The average Bonchev–Trinajstić information content (AvgIpc) is 2.50. The summed E-state index contributed by atoms with van der Waals surface area (Å²) in [5.41, 5.74) is 0. The summed E-state index contributed by atoms with van der Waals surface area (Å²) in [5.74, 6) is 1.86. The van der Waals surface area contributed by atoms with Gasteiger partial charge in [-0.25, -0.2) is 0 Å². The van der Waals surface area contributed by atoms with Crippen molar-refractivity contribution in [2.24, 2.45) is 11.8 Å². The van der Waals surface area contributed by atoms with Crippen molar-refractivity contribution in [2.75, 3.05) is 6.54 Å². The Kier molecular flexibility index (Phi) is 3.91. The fourth-order valence-corrected chi connectivity index (χ4v) is 2.15. The number of rotatable bonds is 4. The highest BCUT2D eigenvalue weighted by Gasteiger charge is 2.28. The van der Waals surface area contributed by atoms with Gasteiger partial charge in [0.05, 0.1) is 6.04 Å². The van der Waals surface area contributed by atoms with Gasteiger partial charge in [-0.1, -0.05) is 20.8 Å². The quantitative estimate of drug-likeness (QED) is 0.722. The van der Waals surface area contributed by atoms with Crippen LogP contribution < -0.4 is 5.32 Å². The molecule has 1 aliphatic rings. The minimum atomic E-state index is 0.161. The molecule has 0 amide bonds. The summed E-state index contributed by atoms with van der Waals surface area (Å²) in [7, 11) is 0. The van der Waals surface area contributed by atoms with E-state index in [9.17, 15) is 4.79 Å². The van der Waals surface area contributed by atoms with Crippen LogP contribution >= 0.6 is 0 Å². The molecule has 1 rings (SSSR count). The van der Waals surface area contributed by atoms with Gasteiger partial charge in [-0.2, -0.15) is 0 Å². The lowest BCUT2D eigenvalue weighted by Crippen LogP contribution is -2.29. The standard InChI is InChI=1S/C11H21NO/c1-4-11(13)10-6-9(7-12-10)5-8(2)3/h8-10,12H,4-7H2,1-3H3. The van der Waals surface area contributed by atoms with Gasteiger partial charge < -0.3 is 5.32 Å². The fraction of sp³-hybridized carbons (Fsp3) is 0.909. The molecule has 1 fully saturated rings. The van der Waals surface area contributed by atoms with Crippen LogP contribution in [0.1, 0.15) is 40.0 Å². The minimum Gasteiger partial charge on any atom is -0.307 e. The first-order valence-electron chi connectivity index (χ1n) is 5.39. The summed E-state index contributed by atoms with van der Waals surface area (Å²) >= 11 is 0. The first kappa shape index (κ1) is 10.7.